The lowest BCUT2D eigenvalue weighted by Crippen LogP contribution is -2.16. The lowest BCUT2D eigenvalue weighted by molar-refractivity contribution is 0.660. The average Bonchev–Trinajstić information content (AvgIpc) is 3.66. The van der Waals surface area contributed by atoms with E-state index in [9.17, 15) is 0 Å². The van der Waals surface area contributed by atoms with Crippen molar-refractivity contribution in [1.29, 1.82) is 0 Å². The molecule has 1 aromatic heterocycles. The molecule has 51 heavy (non-hydrogen) atoms. The summed E-state index contributed by atoms with van der Waals surface area (Å²) in [5.74, 6) is 0. The molecule has 8 aromatic carbocycles. The van der Waals surface area contributed by atoms with Crippen LogP contribution in [0.3, 0.4) is 0 Å². The summed E-state index contributed by atoms with van der Waals surface area (Å²) in [6.45, 7) is 4.69. The minimum atomic E-state index is -0.133. The van der Waals surface area contributed by atoms with Gasteiger partial charge in [0.15, 0.2) is 5.58 Å². The van der Waals surface area contributed by atoms with Gasteiger partial charge >= 0.3 is 0 Å². The predicted octanol–water partition coefficient (Wildman–Crippen LogP) is 13.8. The Morgan fingerprint density at radius 1 is 0.431 bits per heavy atom. The maximum atomic E-state index is 6.94. The van der Waals surface area contributed by atoms with Gasteiger partial charge in [-0.1, -0.05) is 141 Å². The van der Waals surface area contributed by atoms with Crippen LogP contribution in [-0.2, 0) is 5.41 Å². The molecule has 0 spiro atoms. The van der Waals surface area contributed by atoms with Crippen LogP contribution in [0.2, 0.25) is 0 Å². The lowest BCUT2D eigenvalue weighted by atomic mass is 9.82. The van der Waals surface area contributed by atoms with E-state index in [0.717, 1.165) is 44.6 Å². The second-order valence-corrected chi connectivity index (χ2v) is 14.2. The van der Waals surface area contributed by atoms with Crippen LogP contribution in [-0.4, -0.2) is 0 Å². The summed E-state index contributed by atoms with van der Waals surface area (Å²) in [4.78, 5) is 2.39. The SMILES string of the molecule is CC1(C)c2ccccc2-c2ccc(N(c3ccc(-c4ccccc4)cc3)c3cc(-c4ccccc4)cc4c3oc3cc5ccccc5cc34)cc21. The zero-order chi connectivity index (χ0) is 34.1. The van der Waals surface area contributed by atoms with Crippen molar-refractivity contribution in [3.05, 3.63) is 187 Å². The average molecular weight is 654 g/mol. The topological polar surface area (TPSA) is 16.4 Å². The van der Waals surface area contributed by atoms with Crippen molar-refractivity contribution in [3.8, 4) is 33.4 Å². The van der Waals surface area contributed by atoms with Crippen molar-refractivity contribution < 1.29 is 4.42 Å². The van der Waals surface area contributed by atoms with E-state index >= 15 is 0 Å². The second-order valence-electron chi connectivity index (χ2n) is 14.2. The van der Waals surface area contributed by atoms with E-state index in [1.807, 2.05) is 0 Å². The third kappa shape index (κ3) is 4.71. The van der Waals surface area contributed by atoms with Crippen LogP contribution in [0.25, 0.3) is 66.1 Å². The Kier molecular flexibility index (Phi) is 6.56. The summed E-state index contributed by atoms with van der Waals surface area (Å²) in [5.41, 5.74) is 14.8. The molecular formula is C49H35NO. The van der Waals surface area contributed by atoms with Gasteiger partial charge in [0.2, 0.25) is 0 Å². The first-order valence-electron chi connectivity index (χ1n) is 17.7. The Balaban J connectivity index is 1.25. The van der Waals surface area contributed by atoms with Gasteiger partial charge in [0.1, 0.15) is 5.58 Å². The number of fused-ring (bicyclic) bond motifs is 7. The van der Waals surface area contributed by atoms with Crippen LogP contribution < -0.4 is 4.90 Å². The fourth-order valence-corrected chi connectivity index (χ4v) is 8.20. The number of benzene rings is 8. The number of hydrogen-bond donors (Lipinski definition) is 0. The molecule has 2 heteroatoms. The van der Waals surface area contributed by atoms with E-state index in [2.05, 4.69) is 195 Å². The zero-order valence-corrected chi connectivity index (χ0v) is 28.6. The smallest absolute Gasteiger partial charge is 0.159 e. The van der Waals surface area contributed by atoms with Crippen molar-refractivity contribution in [2.45, 2.75) is 19.3 Å². The van der Waals surface area contributed by atoms with E-state index in [1.54, 1.807) is 0 Å². The summed E-state index contributed by atoms with van der Waals surface area (Å²) < 4.78 is 6.94. The highest BCUT2D eigenvalue weighted by atomic mass is 16.3. The molecule has 1 heterocycles. The molecule has 2 nitrogen and oxygen atoms in total. The minimum absolute atomic E-state index is 0.133. The van der Waals surface area contributed by atoms with Crippen LogP contribution in [0.5, 0.6) is 0 Å². The predicted molar refractivity (Wildman–Crippen MR) is 214 cm³/mol. The van der Waals surface area contributed by atoms with Gasteiger partial charge in [-0.05, 0) is 104 Å². The summed E-state index contributed by atoms with van der Waals surface area (Å²) in [6, 6.07) is 63.6. The highest BCUT2D eigenvalue weighted by molar-refractivity contribution is 6.15. The summed E-state index contributed by atoms with van der Waals surface area (Å²) >= 11 is 0. The quantitative estimate of drug-likeness (QED) is 0.184. The molecule has 10 rings (SSSR count). The molecule has 0 saturated heterocycles. The van der Waals surface area contributed by atoms with Gasteiger partial charge in [-0.25, -0.2) is 0 Å². The van der Waals surface area contributed by atoms with Crippen molar-refractivity contribution >= 4 is 49.8 Å². The van der Waals surface area contributed by atoms with Gasteiger partial charge in [0.25, 0.3) is 0 Å². The Morgan fingerprint density at radius 2 is 1.02 bits per heavy atom. The summed E-state index contributed by atoms with van der Waals surface area (Å²) in [7, 11) is 0. The number of hydrogen-bond acceptors (Lipinski definition) is 2. The van der Waals surface area contributed by atoms with Gasteiger partial charge in [-0.2, -0.15) is 0 Å². The van der Waals surface area contributed by atoms with E-state index in [0.29, 0.717) is 0 Å². The maximum Gasteiger partial charge on any atom is 0.159 e. The van der Waals surface area contributed by atoms with Gasteiger partial charge in [-0.15, -0.1) is 0 Å². The first kappa shape index (κ1) is 29.5. The highest BCUT2D eigenvalue weighted by Crippen LogP contribution is 2.52. The van der Waals surface area contributed by atoms with Crippen molar-refractivity contribution in [3.63, 3.8) is 0 Å². The van der Waals surface area contributed by atoms with Gasteiger partial charge in [0, 0.05) is 27.6 Å². The maximum absolute atomic E-state index is 6.94. The van der Waals surface area contributed by atoms with E-state index < -0.39 is 0 Å². The first-order valence-corrected chi connectivity index (χ1v) is 17.7. The van der Waals surface area contributed by atoms with Crippen LogP contribution in [0, 0.1) is 0 Å². The molecule has 0 radical (unpaired) electrons. The lowest BCUT2D eigenvalue weighted by Gasteiger charge is -2.28. The highest BCUT2D eigenvalue weighted by Gasteiger charge is 2.36. The van der Waals surface area contributed by atoms with Crippen LogP contribution in [0.4, 0.5) is 17.1 Å². The minimum Gasteiger partial charge on any atom is -0.454 e. The Hall–Kier alpha value is -6.38. The van der Waals surface area contributed by atoms with Crippen LogP contribution in [0.15, 0.2) is 180 Å². The van der Waals surface area contributed by atoms with Gasteiger partial charge in [0.05, 0.1) is 5.69 Å². The fourth-order valence-electron chi connectivity index (χ4n) is 8.20. The first-order chi connectivity index (χ1) is 25.0. The largest absolute Gasteiger partial charge is 0.454 e. The molecule has 0 aliphatic heterocycles. The molecule has 9 aromatic rings. The monoisotopic (exact) mass is 653 g/mol. The fraction of sp³-hybridized carbons (Fsp3) is 0.0612. The standard InChI is InChI=1S/C49H35NO/c1-49(2)44-20-12-11-19-40(44)41-26-25-39(31-45(41)49)50(38-23-21-34(22-24-38)32-13-5-3-6-14-32)46-29-37(33-15-7-4-8-16-33)28-43-42-27-35-17-9-10-18-36(35)30-47(42)51-48(43)46/h3-31H,1-2H3. The van der Waals surface area contributed by atoms with E-state index in [1.165, 1.54) is 49.7 Å². The Morgan fingerprint density at radius 3 is 1.76 bits per heavy atom. The van der Waals surface area contributed by atoms with Crippen LogP contribution >= 0.6 is 0 Å². The molecular weight excluding hydrogens is 619 g/mol. The molecule has 242 valence electrons. The molecule has 0 N–H and O–H groups in total. The number of rotatable bonds is 5. The van der Waals surface area contributed by atoms with E-state index in [-0.39, 0.29) is 5.41 Å². The third-order valence-corrected chi connectivity index (χ3v) is 10.8. The Bertz CT molecular complexity index is 2760. The molecule has 1 aliphatic carbocycles. The number of anilines is 3. The molecule has 0 atom stereocenters. The van der Waals surface area contributed by atoms with Crippen molar-refractivity contribution in [2.75, 3.05) is 4.90 Å². The molecule has 0 saturated carbocycles. The third-order valence-electron chi connectivity index (χ3n) is 10.8. The summed E-state index contributed by atoms with van der Waals surface area (Å²) in [5, 5.41) is 4.59. The molecule has 0 unspecified atom stereocenters. The molecule has 1 aliphatic rings. The van der Waals surface area contributed by atoms with Crippen LogP contribution in [0.1, 0.15) is 25.0 Å². The molecule has 0 fully saturated rings. The van der Waals surface area contributed by atoms with Gasteiger partial charge in [-0.3, -0.25) is 0 Å². The van der Waals surface area contributed by atoms with Gasteiger partial charge < -0.3 is 9.32 Å². The van der Waals surface area contributed by atoms with Crippen molar-refractivity contribution in [2.24, 2.45) is 0 Å². The number of furan rings is 1. The number of nitrogens with zero attached hydrogens (tertiary/aromatic N) is 1. The zero-order valence-electron chi connectivity index (χ0n) is 28.6. The van der Waals surface area contributed by atoms with E-state index in [4.69, 9.17) is 4.42 Å². The van der Waals surface area contributed by atoms with Crippen molar-refractivity contribution in [1.82, 2.24) is 0 Å². The second kappa shape index (κ2) is 11.3. The normalized spacial score (nSPS) is 13.1. The molecule has 0 bridgehead atoms. The Labute approximate surface area is 297 Å². The summed E-state index contributed by atoms with van der Waals surface area (Å²) in [6.07, 6.45) is 0. The molecule has 0 amide bonds.